The Morgan fingerprint density at radius 3 is 2.25 bits per heavy atom. The van der Waals surface area contributed by atoms with Crippen molar-refractivity contribution in [3.05, 3.63) is 77.9 Å². The summed E-state index contributed by atoms with van der Waals surface area (Å²) in [5.74, 6) is 0.474. The second-order valence-corrected chi connectivity index (χ2v) is 5.74. The highest BCUT2D eigenvalue weighted by molar-refractivity contribution is 6.01. The minimum atomic E-state index is -0.117. The van der Waals surface area contributed by atoms with Crippen LogP contribution in [0.1, 0.15) is 35.3 Å². The Bertz CT molecular complexity index is 843. The molecule has 3 aromatic carbocycles. The average molecular weight is 319 g/mol. The molecular weight excluding hydrogens is 298 g/mol. The van der Waals surface area contributed by atoms with Gasteiger partial charge in [0.15, 0.2) is 0 Å². The second-order valence-electron chi connectivity index (χ2n) is 5.74. The molecule has 0 unspecified atom stereocenters. The molecule has 3 aromatic rings. The van der Waals surface area contributed by atoms with Crippen LogP contribution in [0.15, 0.2) is 66.7 Å². The number of amides is 1. The number of benzene rings is 3. The Kier molecular flexibility index (Phi) is 4.80. The summed E-state index contributed by atoms with van der Waals surface area (Å²) in [7, 11) is 1.59. The van der Waals surface area contributed by atoms with Crippen molar-refractivity contribution in [1.29, 1.82) is 0 Å². The molecule has 0 bridgehead atoms. The van der Waals surface area contributed by atoms with Crippen LogP contribution in [0.25, 0.3) is 10.8 Å². The van der Waals surface area contributed by atoms with E-state index in [0.717, 1.165) is 22.8 Å². The minimum Gasteiger partial charge on any atom is -0.496 e. The van der Waals surface area contributed by atoms with Gasteiger partial charge in [-0.05, 0) is 34.9 Å². The third-order valence-electron chi connectivity index (χ3n) is 4.23. The number of carbonyl (C=O) groups is 1. The van der Waals surface area contributed by atoms with Gasteiger partial charge < -0.3 is 10.1 Å². The van der Waals surface area contributed by atoms with Crippen molar-refractivity contribution < 1.29 is 9.53 Å². The summed E-state index contributed by atoms with van der Waals surface area (Å²) < 4.78 is 5.43. The van der Waals surface area contributed by atoms with Crippen LogP contribution in [0.3, 0.4) is 0 Å². The van der Waals surface area contributed by atoms with E-state index < -0.39 is 0 Å². The highest BCUT2D eigenvalue weighted by atomic mass is 16.5. The van der Waals surface area contributed by atoms with Gasteiger partial charge >= 0.3 is 0 Å². The standard InChI is InChI=1S/C21H21NO2/c1-3-19(15-9-5-4-6-10-15)22-21(23)18-13-16-11-7-8-12-17(16)14-20(18)24-2/h4-14,19H,3H2,1-2H3,(H,22,23)/t19-/m1/s1. The first-order valence-corrected chi connectivity index (χ1v) is 8.15. The van der Waals surface area contributed by atoms with Gasteiger partial charge in [0.2, 0.25) is 0 Å². The fourth-order valence-electron chi connectivity index (χ4n) is 2.91. The summed E-state index contributed by atoms with van der Waals surface area (Å²) in [6.07, 6.45) is 0.825. The number of carbonyl (C=O) groups excluding carboxylic acids is 1. The van der Waals surface area contributed by atoms with Crippen molar-refractivity contribution in [1.82, 2.24) is 5.32 Å². The van der Waals surface area contributed by atoms with Gasteiger partial charge in [-0.1, -0.05) is 61.5 Å². The molecule has 0 aliphatic rings. The van der Waals surface area contributed by atoms with Crippen molar-refractivity contribution in [2.45, 2.75) is 19.4 Å². The van der Waals surface area contributed by atoms with E-state index in [4.69, 9.17) is 4.74 Å². The molecule has 0 fully saturated rings. The van der Waals surface area contributed by atoms with Crippen LogP contribution in [0.4, 0.5) is 0 Å². The Morgan fingerprint density at radius 1 is 1.00 bits per heavy atom. The van der Waals surface area contributed by atoms with E-state index in [0.29, 0.717) is 11.3 Å². The summed E-state index contributed by atoms with van der Waals surface area (Å²) in [4.78, 5) is 12.8. The van der Waals surface area contributed by atoms with Crippen LogP contribution in [-0.2, 0) is 0 Å². The van der Waals surface area contributed by atoms with E-state index in [1.54, 1.807) is 7.11 Å². The smallest absolute Gasteiger partial charge is 0.255 e. The third-order valence-corrected chi connectivity index (χ3v) is 4.23. The molecule has 3 rings (SSSR count). The van der Waals surface area contributed by atoms with Crippen LogP contribution in [0.5, 0.6) is 5.75 Å². The van der Waals surface area contributed by atoms with Crippen molar-refractivity contribution in [2.24, 2.45) is 0 Å². The van der Waals surface area contributed by atoms with Gasteiger partial charge in [-0.2, -0.15) is 0 Å². The fraction of sp³-hybridized carbons (Fsp3) is 0.190. The van der Waals surface area contributed by atoms with Crippen LogP contribution in [-0.4, -0.2) is 13.0 Å². The van der Waals surface area contributed by atoms with E-state index in [1.165, 1.54) is 0 Å². The van der Waals surface area contributed by atoms with Gasteiger partial charge in [-0.15, -0.1) is 0 Å². The molecule has 3 heteroatoms. The fourth-order valence-corrected chi connectivity index (χ4v) is 2.91. The van der Waals surface area contributed by atoms with Crippen molar-refractivity contribution in [3.63, 3.8) is 0 Å². The Hall–Kier alpha value is -2.81. The first kappa shape index (κ1) is 16.1. The lowest BCUT2D eigenvalue weighted by atomic mass is 10.0. The molecule has 1 atom stereocenters. The van der Waals surface area contributed by atoms with Gasteiger partial charge in [-0.3, -0.25) is 4.79 Å². The SMILES string of the molecule is CC[C@@H](NC(=O)c1cc2ccccc2cc1OC)c1ccccc1. The zero-order chi connectivity index (χ0) is 16.9. The lowest BCUT2D eigenvalue weighted by Gasteiger charge is -2.18. The monoisotopic (exact) mass is 319 g/mol. The molecule has 3 nitrogen and oxygen atoms in total. The lowest BCUT2D eigenvalue weighted by molar-refractivity contribution is 0.0932. The number of fused-ring (bicyclic) bond motifs is 1. The molecule has 0 radical (unpaired) electrons. The molecule has 0 aliphatic carbocycles. The molecule has 24 heavy (non-hydrogen) atoms. The third kappa shape index (κ3) is 3.25. The maximum Gasteiger partial charge on any atom is 0.255 e. The largest absolute Gasteiger partial charge is 0.496 e. The Morgan fingerprint density at radius 2 is 1.62 bits per heavy atom. The highest BCUT2D eigenvalue weighted by Crippen LogP contribution is 2.27. The molecule has 0 saturated carbocycles. The van der Waals surface area contributed by atoms with E-state index in [1.807, 2.05) is 66.7 Å². The van der Waals surface area contributed by atoms with Gasteiger partial charge in [0, 0.05) is 0 Å². The van der Waals surface area contributed by atoms with Gasteiger partial charge in [0.05, 0.1) is 18.7 Å². The summed E-state index contributed by atoms with van der Waals surface area (Å²) in [6, 6.07) is 21.8. The Labute approximate surface area is 142 Å². The average Bonchev–Trinajstić information content (AvgIpc) is 2.65. The maximum atomic E-state index is 12.8. The van der Waals surface area contributed by atoms with Crippen molar-refractivity contribution in [2.75, 3.05) is 7.11 Å². The number of methoxy groups -OCH3 is 1. The first-order valence-electron chi connectivity index (χ1n) is 8.15. The second kappa shape index (κ2) is 7.18. The van der Waals surface area contributed by atoms with Gasteiger partial charge in [0.1, 0.15) is 5.75 Å². The minimum absolute atomic E-state index is 0.0186. The lowest BCUT2D eigenvalue weighted by Crippen LogP contribution is -2.28. The van der Waals surface area contributed by atoms with Crippen LogP contribution < -0.4 is 10.1 Å². The highest BCUT2D eigenvalue weighted by Gasteiger charge is 2.18. The summed E-state index contributed by atoms with van der Waals surface area (Å²) >= 11 is 0. The zero-order valence-electron chi connectivity index (χ0n) is 14.0. The Balaban J connectivity index is 1.92. The number of hydrogen-bond acceptors (Lipinski definition) is 2. The number of hydrogen-bond donors (Lipinski definition) is 1. The van der Waals surface area contributed by atoms with E-state index in [9.17, 15) is 4.79 Å². The van der Waals surface area contributed by atoms with Crippen molar-refractivity contribution in [3.8, 4) is 5.75 Å². The molecule has 1 amide bonds. The number of ether oxygens (including phenoxy) is 1. The van der Waals surface area contributed by atoms with E-state index in [2.05, 4.69) is 12.2 Å². The van der Waals surface area contributed by atoms with E-state index in [-0.39, 0.29) is 11.9 Å². The van der Waals surface area contributed by atoms with Crippen LogP contribution in [0.2, 0.25) is 0 Å². The molecule has 0 spiro atoms. The van der Waals surface area contributed by atoms with E-state index >= 15 is 0 Å². The maximum absolute atomic E-state index is 12.8. The zero-order valence-corrected chi connectivity index (χ0v) is 14.0. The van der Waals surface area contributed by atoms with Gasteiger partial charge in [-0.25, -0.2) is 0 Å². The topological polar surface area (TPSA) is 38.3 Å². The quantitative estimate of drug-likeness (QED) is 0.738. The molecule has 0 heterocycles. The van der Waals surface area contributed by atoms with Crippen LogP contribution >= 0.6 is 0 Å². The number of nitrogens with one attached hydrogen (secondary N) is 1. The van der Waals surface area contributed by atoms with Crippen molar-refractivity contribution >= 4 is 16.7 Å². The number of rotatable bonds is 5. The van der Waals surface area contributed by atoms with Gasteiger partial charge in [0.25, 0.3) is 5.91 Å². The molecule has 0 aliphatic heterocycles. The predicted octanol–water partition coefficient (Wildman–Crippen LogP) is 4.73. The summed E-state index contributed by atoms with van der Waals surface area (Å²) in [6.45, 7) is 2.07. The molecular formula is C21H21NO2. The predicted molar refractivity (Wildman–Crippen MR) is 97.4 cm³/mol. The molecule has 122 valence electrons. The molecule has 0 aromatic heterocycles. The normalized spacial score (nSPS) is 11.9. The summed E-state index contributed by atoms with van der Waals surface area (Å²) in [5.41, 5.74) is 1.67. The molecule has 0 saturated heterocycles. The van der Waals surface area contributed by atoms with Crippen LogP contribution in [0, 0.1) is 0 Å². The first-order chi connectivity index (χ1) is 11.7. The molecule has 1 N–H and O–H groups in total. The summed E-state index contributed by atoms with van der Waals surface area (Å²) in [5, 5.41) is 5.20.